The van der Waals surface area contributed by atoms with E-state index in [1.807, 2.05) is 19.1 Å². The molecule has 158 valence electrons. The lowest BCUT2D eigenvalue weighted by Gasteiger charge is -2.45. The Morgan fingerprint density at radius 1 is 1.10 bits per heavy atom. The smallest absolute Gasteiger partial charge is 0.261 e. The zero-order chi connectivity index (χ0) is 21.9. The standard InChI is InChI=1S/C26H31ClO2Si/c1-19(17-27)23-16-25(20(2)24(23)18-28)29-30(26(3,4)5,21-12-8-6-9-13-21)22-14-10-7-11-15-22/h6-15,18,23,25H,1,16-17H2,2-5H3/t23-,25-/m0/s1. The molecular formula is C26H31ClO2Si. The summed E-state index contributed by atoms with van der Waals surface area (Å²) in [7, 11) is -2.69. The van der Waals surface area contributed by atoms with Crippen LogP contribution in [0.3, 0.4) is 0 Å². The number of hydrogen-bond acceptors (Lipinski definition) is 2. The quantitative estimate of drug-likeness (QED) is 0.255. The molecule has 0 unspecified atom stereocenters. The van der Waals surface area contributed by atoms with Crippen LogP contribution in [0.1, 0.15) is 34.1 Å². The molecule has 1 aliphatic rings. The van der Waals surface area contributed by atoms with Gasteiger partial charge in [0.1, 0.15) is 6.29 Å². The van der Waals surface area contributed by atoms with E-state index in [4.69, 9.17) is 16.0 Å². The zero-order valence-corrected chi connectivity index (χ0v) is 20.1. The van der Waals surface area contributed by atoms with Crippen molar-refractivity contribution in [1.29, 1.82) is 0 Å². The summed E-state index contributed by atoms with van der Waals surface area (Å²) in [5.74, 6) is 0.310. The van der Waals surface area contributed by atoms with Gasteiger partial charge in [0.15, 0.2) is 0 Å². The van der Waals surface area contributed by atoms with Gasteiger partial charge in [0.2, 0.25) is 0 Å². The summed E-state index contributed by atoms with van der Waals surface area (Å²) in [4.78, 5) is 11.9. The number of halogens is 1. The largest absolute Gasteiger partial charge is 0.401 e. The number of benzene rings is 2. The van der Waals surface area contributed by atoms with Gasteiger partial charge in [0, 0.05) is 17.4 Å². The highest BCUT2D eigenvalue weighted by Crippen LogP contribution is 2.43. The Bertz CT molecular complexity index is 889. The van der Waals surface area contributed by atoms with Crippen LogP contribution >= 0.6 is 11.6 Å². The fraction of sp³-hybridized carbons (Fsp3) is 0.346. The molecule has 2 atom stereocenters. The van der Waals surface area contributed by atoms with Gasteiger partial charge in [-0.25, -0.2) is 0 Å². The molecule has 0 saturated heterocycles. The van der Waals surface area contributed by atoms with E-state index in [1.54, 1.807) is 0 Å². The summed E-state index contributed by atoms with van der Waals surface area (Å²) in [6, 6.07) is 21.2. The molecular weight excluding hydrogens is 408 g/mol. The molecule has 0 spiro atoms. The number of allylic oxidation sites excluding steroid dienone is 2. The number of aldehydes is 1. The first-order chi connectivity index (χ1) is 14.3. The van der Waals surface area contributed by atoms with Gasteiger partial charge in [-0.15, -0.1) is 11.6 Å². The Hall–Kier alpha value is -1.94. The summed E-state index contributed by atoms with van der Waals surface area (Å²) in [5, 5.41) is 2.37. The maximum atomic E-state index is 11.9. The van der Waals surface area contributed by atoms with Crippen LogP contribution in [0.2, 0.25) is 5.04 Å². The normalized spacial score (nSPS) is 19.8. The van der Waals surface area contributed by atoms with Crippen molar-refractivity contribution >= 4 is 36.6 Å². The average Bonchev–Trinajstić information content (AvgIpc) is 3.06. The van der Waals surface area contributed by atoms with Gasteiger partial charge in [-0.1, -0.05) is 93.6 Å². The summed E-state index contributed by atoms with van der Waals surface area (Å²) in [5.41, 5.74) is 2.67. The molecule has 3 rings (SSSR count). The van der Waals surface area contributed by atoms with E-state index < -0.39 is 8.32 Å². The average molecular weight is 439 g/mol. The van der Waals surface area contributed by atoms with Crippen LogP contribution in [0.4, 0.5) is 0 Å². The second-order valence-electron chi connectivity index (χ2n) is 9.11. The second-order valence-corrected chi connectivity index (χ2v) is 13.6. The third-order valence-electron chi connectivity index (χ3n) is 6.29. The second kappa shape index (κ2) is 9.05. The summed E-state index contributed by atoms with van der Waals surface area (Å²) >= 11 is 6.08. The van der Waals surface area contributed by atoms with Crippen molar-refractivity contribution in [1.82, 2.24) is 0 Å². The van der Waals surface area contributed by atoms with Gasteiger partial charge in [-0.3, -0.25) is 4.79 Å². The molecule has 0 aliphatic heterocycles. The maximum Gasteiger partial charge on any atom is 0.261 e. The van der Waals surface area contributed by atoms with Gasteiger partial charge in [0.25, 0.3) is 8.32 Å². The molecule has 2 aromatic carbocycles. The van der Waals surface area contributed by atoms with Crippen LogP contribution in [0, 0.1) is 5.92 Å². The number of carbonyl (C=O) groups is 1. The molecule has 0 bridgehead atoms. The van der Waals surface area contributed by atoms with E-state index >= 15 is 0 Å². The molecule has 0 saturated carbocycles. The van der Waals surface area contributed by atoms with Gasteiger partial charge in [-0.05, 0) is 34.3 Å². The predicted molar refractivity (Wildman–Crippen MR) is 129 cm³/mol. The molecule has 2 nitrogen and oxygen atoms in total. The SMILES string of the molecule is C=C(CCl)[C@@H]1C[C@H](O[Si](c2ccccc2)(c2ccccc2)C(C)(C)C)C(C)=C1C=O. The first-order valence-corrected chi connectivity index (χ1v) is 12.9. The number of alkyl halides is 1. The Kier molecular flexibility index (Phi) is 6.86. The molecule has 1 aliphatic carbocycles. The topological polar surface area (TPSA) is 26.3 Å². The van der Waals surface area contributed by atoms with Crippen LogP contribution in [-0.2, 0) is 9.22 Å². The van der Waals surface area contributed by atoms with Gasteiger partial charge in [0.05, 0.1) is 6.10 Å². The highest BCUT2D eigenvalue weighted by Gasteiger charge is 2.52. The van der Waals surface area contributed by atoms with Crippen molar-refractivity contribution in [3.8, 4) is 0 Å². The fourth-order valence-electron chi connectivity index (χ4n) is 4.67. The van der Waals surface area contributed by atoms with E-state index in [0.717, 1.165) is 29.4 Å². The van der Waals surface area contributed by atoms with Crippen molar-refractivity contribution in [2.24, 2.45) is 5.92 Å². The predicted octanol–water partition coefficient (Wildman–Crippen LogP) is 5.26. The third-order valence-corrected chi connectivity index (χ3v) is 11.7. The van der Waals surface area contributed by atoms with E-state index in [0.29, 0.717) is 5.88 Å². The fourth-order valence-corrected chi connectivity index (χ4v) is 9.58. The molecule has 0 fully saturated rings. The van der Waals surface area contributed by atoms with Crippen LogP contribution in [0.5, 0.6) is 0 Å². The third kappa shape index (κ3) is 3.99. The number of rotatable bonds is 7. The van der Waals surface area contributed by atoms with Crippen LogP contribution < -0.4 is 10.4 Å². The Morgan fingerprint density at radius 2 is 1.60 bits per heavy atom. The molecule has 0 amide bonds. The molecule has 2 aromatic rings. The minimum Gasteiger partial charge on any atom is -0.401 e. The highest BCUT2D eigenvalue weighted by molar-refractivity contribution is 6.99. The van der Waals surface area contributed by atoms with Crippen LogP contribution in [-0.4, -0.2) is 26.6 Å². The van der Waals surface area contributed by atoms with Crippen LogP contribution in [0.25, 0.3) is 0 Å². The van der Waals surface area contributed by atoms with Gasteiger partial charge in [-0.2, -0.15) is 0 Å². The van der Waals surface area contributed by atoms with E-state index in [2.05, 4.69) is 75.9 Å². The molecule has 30 heavy (non-hydrogen) atoms. The van der Waals surface area contributed by atoms with E-state index in [-0.39, 0.29) is 17.1 Å². The highest BCUT2D eigenvalue weighted by atomic mass is 35.5. The Morgan fingerprint density at radius 3 is 2.00 bits per heavy atom. The summed E-state index contributed by atoms with van der Waals surface area (Å²) in [6.45, 7) is 12.9. The van der Waals surface area contributed by atoms with Crippen molar-refractivity contribution < 1.29 is 9.22 Å². The van der Waals surface area contributed by atoms with E-state index in [9.17, 15) is 4.79 Å². The summed E-state index contributed by atoms with van der Waals surface area (Å²) in [6.07, 6.45) is 1.55. The lowest BCUT2D eigenvalue weighted by molar-refractivity contribution is -0.105. The molecule has 0 heterocycles. The molecule has 0 N–H and O–H groups in total. The lowest BCUT2D eigenvalue weighted by atomic mass is 9.95. The maximum absolute atomic E-state index is 11.9. The van der Waals surface area contributed by atoms with Crippen LogP contribution in [0.15, 0.2) is 84.0 Å². The minimum atomic E-state index is -2.69. The first kappa shape index (κ1) is 22.7. The molecule has 0 radical (unpaired) electrons. The zero-order valence-electron chi connectivity index (χ0n) is 18.3. The Labute approximate surface area is 186 Å². The van der Waals surface area contributed by atoms with Gasteiger partial charge < -0.3 is 4.43 Å². The van der Waals surface area contributed by atoms with Crippen molar-refractivity contribution in [2.75, 3.05) is 5.88 Å². The Balaban J connectivity index is 2.17. The molecule has 0 aromatic heterocycles. The number of carbonyl (C=O) groups excluding carboxylic acids is 1. The number of hydrogen-bond donors (Lipinski definition) is 0. The molecule has 4 heteroatoms. The van der Waals surface area contributed by atoms with E-state index in [1.165, 1.54) is 10.4 Å². The summed E-state index contributed by atoms with van der Waals surface area (Å²) < 4.78 is 7.24. The van der Waals surface area contributed by atoms with Crippen molar-refractivity contribution in [3.63, 3.8) is 0 Å². The lowest BCUT2D eigenvalue weighted by Crippen LogP contribution is -2.67. The minimum absolute atomic E-state index is 0.0387. The van der Waals surface area contributed by atoms with Gasteiger partial charge >= 0.3 is 0 Å². The monoisotopic (exact) mass is 438 g/mol. The van der Waals surface area contributed by atoms with Crippen molar-refractivity contribution in [3.05, 3.63) is 84.0 Å². The first-order valence-electron chi connectivity index (χ1n) is 10.4. The van der Waals surface area contributed by atoms with Crippen molar-refractivity contribution in [2.45, 2.75) is 45.3 Å².